The first-order valence-corrected chi connectivity index (χ1v) is 10.9. The Hall–Kier alpha value is -3.38. The normalized spacial score (nSPS) is 10.8. The summed E-state index contributed by atoms with van der Waals surface area (Å²) in [5, 5.41) is 11.0. The van der Waals surface area contributed by atoms with Crippen molar-refractivity contribution >= 4 is 23.4 Å². The molecule has 31 heavy (non-hydrogen) atoms. The molecule has 0 aliphatic rings. The number of carbonyl (C=O) groups is 1. The lowest BCUT2D eigenvalue weighted by Gasteiger charge is -2.07. The molecule has 1 aromatic heterocycles. The number of anilines is 1. The van der Waals surface area contributed by atoms with Crippen LogP contribution in [-0.2, 0) is 11.2 Å². The molecule has 1 heterocycles. The monoisotopic (exact) mass is 429 g/mol. The molecule has 3 aromatic carbocycles. The Balaban J connectivity index is 1.29. The topological polar surface area (TPSA) is 68.0 Å². The van der Waals surface area contributed by atoms with Crippen LogP contribution in [0.2, 0.25) is 0 Å². The summed E-state index contributed by atoms with van der Waals surface area (Å²) in [5.41, 5.74) is 4.21. The summed E-state index contributed by atoms with van der Waals surface area (Å²) in [6, 6.07) is 23.9. The number of amides is 1. The van der Waals surface area contributed by atoms with Crippen LogP contribution in [0.3, 0.4) is 0 Å². The molecule has 0 spiro atoms. The zero-order valence-electron chi connectivity index (χ0n) is 17.5. The Morgan fingerprint density at radius 3 is 2.39 bits per heavy atom. The number of aromatic nitrogens is 2. The van der Waals surface area contributed by atoms with Crippen LogP contribution in [0.4, 0.5) is 5.69 Å². The zero-order chi connectivity index (χ0) is 21.6. The van der Waals surface area contributed by atoms with E-state index < -0.39 is 0 Å². The molecule has 4 rings (SSSR count). The van der Waals surface area contributed by atoms with E-state index in [0.29, 0.717) is 18.2 Å². The Labute approximate surface area is 185 Å². The van der Waals surface area contributed by atoms with Gasteiger partial charge in [0.25, 0.3) is 0 Å². The van der Waals surface area contributed by atoms with Crippen LogP contribution in [0.1, 0.15) is 23.4 Å². The Morgan fingerprint density at radius 2 is 1.65 bits per heavy atom. The quantitative estimate of drug-likeness (QED) is 0.386. The molecule has 0 saturated heterocycles. The maximum absolute atomic E-state index is 12.3. The van der Waals surface area contributed by atoms with Gasteiger partial charge in [-0.1, -0.05) is 36.0 Å². The fraction of sp³-hybridized carbons (Fsp3) is 0.160. The summed E-state index contributed by atoms with van der Waals surface area (Å²) in [6.45, 7) is 4.23. The van der Waals surface area contributed by atoms with Crippen LogP contribution >= 0.6 is 11.8 Å². The molecule has 0 saturated carbocycles. The third kappa shape index (κ3) is 5.61. The molecule has 0 unspecified atom stereocenters. The van der Waals surface area contributed by atoms with E-state index in [4.69, 9.17) is 4.42 Å². The standard InChI is InChI=1S/C25H23N3O2S/c1-17-8-11-22(16-18(17)2)31-21-12-9-20(10-13-21)26-23(29)14-15-24-27-28-25(30-24)19-6-4-3-5-7-19/h3-13,16H,14-15H2,1-2H3,(H,26,29). The van der Waals surface area contributed by atoms with Gasteiger partial charge in [-0.15, -0.1) is 10.2 Å². The highest BCUT2D eigenvalue weighted by Gasteiger charge is 2.11. The van der Waals surface area contributed by atoms with Gasteiger partial charge in [-0.25, -0.2) is 0 Å². The van der Waals surface area contributed by atoms with Gasteiger partial charge in [0, 0.05) is 33.9 Å². The summed E-state index contributed by atoms with van der Waals surface area (Å²) in [4.78, 5) is 14.6. The van der Waals surface area contributed by atoms with Gasteiger partial charge < -0.3 is 9.73 Å². The molecular weight excluding hydrogens is 406 g/mol. The van der Waals surface area contributed by atoms with Crippen LogP contribution in [0.25, 0.3) is 11.5 Å². The van der Waals surface area contributed by atoms with E-state index in [-0.39, 0.29) is 12.3 Å². The molecule has 1 N–H and O–H groups in total. The molecular formula is C25H23N3O2S. The lowest BCUT2D eigenvalue weighted by Crippen LogP contribution is -2.12. The predicted octanol–water partition coefficient (Wildman–Crippen LogP) is 6.08. The van der Waals surface area contributed by atoms with Crippen molar-refractivity contribution in [3.63, 3.8) is 0 Å². The van der Waals surface area contributed by atoms with Gasteiger partial charge in [0.05, 0.1) is 0 Å². The third-order valence-corrected chi connectivity index (χ3v) is 5.90. The van der Waals surface area contributed by atoms with Crippen molar-refractivity contribution in [2.24, 2.45) is 0 Å². The van der Waals surface area contributed by atoms with E-state index in [1.807, 2.05) is 54.6 Å². The largest absolute Gasteiger partial charge is 0.421 e. The van der Waals surface area contributed by atoms with Gasteiger partial charge >= 0.3 is 0 Å². The molecule has 0 atom stereocenters. The lowest BCUT2D eigenvalue weighted by molar-refractivity contribution is -0.116. The summed E-state index contributed by atoms with van der Waals surface area (Å²) in [7, 11) is 0. The molecule has 0 aliphatic carbocycles. The summed E-state index contributed by atoms with van der Waals surface area (Å²) < 4.78 is 5.65. The number of benzene rings is 3. The van der Waals surface area contributed by atoms with Crippen molar-refractivity contribution in [2.75, 3.05) is 5.32 Å². The van der Waals surface area contributed by atoms with Crippen LogP contribution in [0, 0.1) is 13.8 Å². The zero-order valence-corrected chi connectivity index (χ0v) is 18.3. The second kappa shape index (κ2) is 9.62. The average Bonchev–Trinajstić information content (AvgIpc) is 3.26. The molecule has 0 radical (unpaired) electrons. The number of aryl methyl sites for hydroxylation is 3. The minimum atomic E-state index is -0.0889. The number of rotatable bonds is 7. The highest BCUT2D eigenvalue weighted by atomic mass is 32.2. The molecule has 156 valence electrons. The van der Waals surface area contributed by atoms with Gasteiger partial charge in [0.15, 0.2) is 0 Å². The number of nitrogens with one attached hydrogen (secondary N) is 1. The van der Waals surface area contributed by atoms with Crippen molar-refractivity contribution in [2.45, 2.75) is 36.5 Å². The highest BCUT2D eigenvalue weighted by molar-refractivity contribution is 7.99. The van der Waals surface area contributed by atoms with Gasteiger partial charge in [-0.05, 0) is 73.5 Å². The van der Waals surface area contributed by atoms with E-state index in [1.165, 1.54) is 16.0 Å². The van der Waals surface area contributed by atoms with Crippen LogP contribution < -0.4 is 5.32 Å². The number of nitrogens with zero attached hydrogens (tertiary/aromatic N) is 2. The second-order valence-corrected chi connectivity index (χ2v) is 8.43. The second-order valence-electron chi connectivity index (χ2n) is 7.29. The van der Waals surface area contributed by atoms with E-state index in [1.54, 1.807) is 11.8 Å². The van der Waals surface area contributed by atoms with E-state index in [2.05, 4.69) is 47.6 Å². The fourth-order valence-corrected chi connectivity index (χ4v) is 3.93. The molecule has 1 amide bonds. The van der Waals surface area contributed by atoms with Crippen molar-refractivity contribution in [1.82, 2.24) is 10.2 Å². The van der Waals surface area contributed by atoms with Crippen LogP contribution in [0.5, 0.6) is 0 Å². The maximum atomic E-state index is 12.3. The molecule has 5 nitrogen and oxygen atoms in total. The van der Waals surface area contributed by atoms with Crippen LogP contribution in [-0.4, -0.2) is 16.1 Å². The third-order valence-electron chi connectivity index (χ3n) is 4.91. The number of carbonyl (C=O) groups excluding carboxylic acids is 1. The average molecular weight is 430 g/mol. The van der Waals surface area contributed by atoms with Gasteiger partial charge in [-0.3, -0.25) is 4.79 Å². The van der Waals surface area contributed by atoms with Crippen molar-refractivity contribution in [3.05, 3.63) is 89.8 Å². The Morgan fingerprint density at radius 1 is 0.903 bits per heavy atom. The highest BCUT2D eigenvalue weighted by Crippen LogP contribution is 2.30. The van der Waals surface area contributed by atoms with Crippen LogP contribution in [0.15, 0.2) is 87.0 Å². The van der Waals surface area contributed by atoms with E-state index in [0.717, 1.165) is 16.1 Å². The van der Waals surface area contributed by atoms with E-state index >= 15 is 0 Å². The van der Waals surface area contributed by atoms with Crippen molar-refractivity contribution < 1.29 is 9.21 Å². The fourth-order valence-electron chi connectivity index (χ4n) is 3.02. The van der Waals surface area contributed by atoms with Gasteiger partial charge in [0.1, 0.15) is 0 Å². The van der Waals surface area contributed by atoms with E-state index in [9.17, 15) is 4.79 Å². The van der Waals surface area contributed by atoms with Gasteiger partial charge in [0.2, 0.25) is 17.7 Å². The molecule has 4 aromatic rings. The van der Waals surface area contributed by atoms with Gasteiger partial charge in [-0.2, -0.15) is 0 Å². The first-order chi connectivity index (χ1) is 15.1. The minimum Gasteiger partial charge on any atom is -0.421 e. The predicted molar refractivity (Wildman–Crippen MR) is 123 cm³/mol. The first-order valence-electron chi connectivity index (χ1n) is 10.1. The first kappa shape index (κ1) is 20.9. The minimum absolute atomic E-state index is 0.0889. The Kier molecular flexibility index (Phi) is 6.48. The molecule has 0 aliphatic heterocycles. The number of hydrogen-bond acceptors (Lipinski definition) is 5. The van der Waals surface area contributed by atoms with Crippen molar-refractivity contribution in [3.8, 4) is 11.5 Å². The SMILES string of the molecule is Cc1ccc(Sc2ccc(NC(=O)CCc3nnc(-c4ccccc4)o3)cc2)cc1C. The number of hydrogen-bond donors (Lipinski definition) is 1. The van der Waals surface area contributed by atoms with Crippen molar-refractivity contribution in [1.29, 1.82) is 0 Å². The summed E-state index contributed by atoms with van der Waals surface area (Å²) in [6.07, 6.45) is 0.669. The maximum Gasteiger partial charge on any atom is 0.247 e. The molecule has 0 fully saturated rings. The lowest BCUT2D eigenvalue weighted by atomic mass is 10.1. The smallest absolute Gasteiger partial charge is 0.247 e. The molecule has 6 heteroatoms. The Bertz CT molecular complexity index is 1170. The summed E-state index contributed by atoms with van der Waals surface area (Å²) >= 11 is 1.71. The summed E-state index contributed by atoms with van der Waals surface area (Å²) in [5.74, 6) is 0.830. The molecule has 0 bridgehead atoms.